The lowest BCUT2D eigenvalue weighted by Gasteiger charge is -2.40. The fraction of sp³-hybridized carbons (Fsp3) is 0.875. The van der Waals surface area contributed by atoms with Crippen LogP contribution in [0.15, 0.2) is 0 Å². The summed E-state index contributed by atoms with van der Waals surface area (Å²) in [5, 5.41) is 0. The lowest BCUT2D eigenvalue weighted by Crippen LogP contribution is -2.39. The monoisotopic (exact) mass is 264 g/mol. The molecule has 0 saturated heterocycles. The Kier molecular flexibility index (Phi) is 3.90. The van der Waals surface area contributed by atoms with Crippen molar-refractivity contribution in [3.63, 3.8) is 0 Å². The Labute approximate surface area is 115 Å². The number of ketones is 1. The maximum atomic E-state index is 12.3. The minimum Gasteiger partial charge on any atom is -0.457 e. The number of hydrogen-bond donors (Lipinski definition) is 0. The van der Waals surface area contributed by atoms with Gasteiger partial charge in [0.2, 0.25) is 0 Å². The molecule has 3 nitrogen and oxygen atoms in total. The van der Waals surface area contributed by atoms with Crippen molar-refractivity contribution >= 4 is 11.8 Å². The van der Waals surface area contributed by atoms with E-state index in [9.17, 15) is 9.59 Å². The van der Waals surface area contributed by atoms with Crippen molar-refractivity contribution in [3.05, 3.63) is 0 Å². The van der Waals surface area contributed by atoms with Gasteiger partial charge in [-0.25, -0.2) is 0 Å². The van der Waals surface area contributed by atoms with Gasteiger partial charge in [0.1, 0.15) is 6.61 Å². The summed E-state index contributed by atoms with van der Waals surface area (Å²) in [5.74, 6) is 1.41. The fourth-order valence-corrected chi connectivity index (χ4v) is 3.45. The smallest absolute Gasteiger partial charge is 0.309 e. The molecule has 0 N–H and O–H groups in total. The van der Waals surface area contributed by atoms with E-state index in [1.165, 1.54) is 38.5 Å². The molecule has 0 aliphatic heterocycles. The standard InChI is InChI=1S/C16H24O3/c17-14(11-4-1-5-11)10-19-16(18)15(12-6-2-7-12)13-8-3-9-13/h11-13,15H,1-10H2. The Morgan fingerprint density at radius 1 is 0.895 bits per heavy atom. The zero-order valence-corrected chi connectivity index (χ0v) is 11.6. The first-order valence-electron chi connectivity index (χ1n) is 7.95. The third-order valence-electron chi connectivity index (χ3n) is 5.50. The minimum absolute atomic E-state index is 0.0272. The summed E-state index contributed by atoms with van der Waals surface area (Å²) >= 11 is 0. The highest BCUT2D eigenvalue weighted by Crippen LogP contribution is 2.45. The van der Waals surface area contributed by atoms with Gasteiger partial charge in [-0.1, -0.05) is 19.3 Å². The average Bonchev–Trinajstić information content (AvgIpc) is 2.17. The second-order valence-corrected chi connectivity index (χ2v) is 6.61. The molecule has 0 atom stereocenters. The predicted octanol–water partition coefficient (Wildman–Crippen LogP) is 3.12. The molecule has 0 unspecified atom stereocenters. The van der Waals surface area contributed by atoms with E-state index in [1.54, 1.807) is 0 Å². The average molecular weight is 264 g/mol. The van der Waals surface area contributed by atoms with Gasteiger partial charge in [-0.3, -0.25) is 9.59 Å². The second-order valence-electron chi connectivity index (χ2n) is 6.61. The van der Waals surface area contributed by atoms with Crippen molar-refractivity contribution in [1.29, 1.82) is 0 Å². The number of carbonyl (C=O) groups excluding carboxylic acids is 2. The summed E-state index contributed by atoms with van der Waals surface area (Å²) in [5.41, 5.74) is 0. The van der Waals surface area contributed by atoms with E-state index in [2.05, 4.69) is 0 Å². The molecular formula is C16H24O3. The number of rotatable bonds is 6. The van der Waals surface area contributed by atoms with Gasteiger partial charge < -0.3 is 4.74 Å². The van der Waals surface area contributed by atoms with E-state index in [1.807, 2.05) is 0 Å². The SMILES string of the molecule is O=C(COC(=O)C(C1CCC1)C1CCC1)C1CCC1. The van der Waals surface area contributed by atoms with Crippen LogP contribution in [0, 0.1) is 23.7 Å². The van der Waals surface area contributed by atoms with Gasteiger partial charge in [-0.2, -0.15) is 0 Å². The van der Waals surface area contributed by atoms with Crippen molar-refractivity contribution in [2.75, 3.05) is 6.61 Å². The molecule has 0 bridgehead atoms. The molecule has 0 aromatic carbocycles. The Morgan fingerprint density at radius 2 is 1.42 bits per heavy atom. The maximum absolute atomic E-state index is 12.3. The number of ether oxygens (including phenoxy) is 1. The van der Waals surface area contributed by atoms with E-state index in [-0.39, 0.29) is 30.2 Å². The van der Waals surface area contributed by atoms with E-state index >= 15 is 0 Å². The van der Waals surface area contributed by atoms with Crippen LogP contribution in [0.2, 0.25) is 0 Å². The largest absolute Gasteiger partial charge is 0.457 e. The zero-order valence-electron chi connectivity index (χ0n) is 11.6. The van der Waals surface area contributed by atoms with Gasteiger partial charge in [0.25, 0.3) is 0 Å². The van der Waals surface area contributed by atoms with Crippen LogP contribution in [0.4, 0.5) is 0 Å². The quantitative estimate of drug-likeness (QED) is 0.692. The van der Waals surface area contributed by atoms with Crippen molar-refractivity contribution in [3.8, 4) is 0 Å². The van der Waals surface area contributed by atoms with E-state index in [0.717, 1.165) is 19.3 Å². The third-order valence-corrected chi connectivity index (χ3v) is 5.50. The normalized spacial score (nSPS) is 24.5. The summed E-state index contributed by atoms with van der Waals surface area (Å²) in [6.45, 7) is 0.0272. The van der Waals surface area contributed by atoms with Crippen LogP contribution in [0.25, 0.3) is 0 Å². The summed E-state index contributed by atoms with van der Waals surface area (Å²) in [6, 6.07) is 0. The predicted molar refractivity (Wildman–Crippen MR) is 71.5 cm³/mol. The van der Waals surface area contributed by atoms with E-state index < -0.39 is 0 Å². The van der Waals surface area contributed by atoms with Crippen LogP contribution in [0.5, 0.6) is 0 Å². The Bertz CT molecular complexity index is 337. The topological polar surface area (TPSA) is 43.4 Å². The number of Topliss-reactive ketones (excluding diaryl/α,β-unsaturated/α-hetero) is 1. The molecule has 3 aliphatic rings. The van der Waals surface area contributed by atoms with Crippen LogP contribution in [0.3, 0.4) is 0 Å². The lowest BCUT2D eigenvalue weighted by molar-refractivity contribution is -0.160. The summed E-state index contributed by atoms with van der Waals surface area (Å²) in [7, 11) is 0. The van der Waals surface area contributed by atoms with Crippen LogP contribution >= 0.6 is 0 Å². The number of esters is 1. The molecule has 3 fully saturated rings. The highest BCUT2D eigenvalue weighted by atomic mass is 16.5. The first kappa shape index (κ1) is 13.1. The highest BCUT2D eigenvalue weighted by Gasteiger charge is 2.41. The van der Waals surface area contributed by atoms with Crippen molar-refractivity contribution in [1.82, 2.24) is 0 Å². The molecule has 3 aliphatic carbocycles. The summed E-state index contributed by atoms with van der Waals surface area (Å²) < 4.78 is 5.35. The van der Waals surface area contributed by atoms with Crippen LogP contribution in [-0.4, -0.2) is 18.4 Å². The van der Waals surface area contributed by atoms with Crippen LogP contribution in [0.1, 0.15) is 57.8 Å². The lowest BCUT2D eigenvalue weighted by atomic mass is 9.64. The molecule has 0 heterocycles. The van der Waals surface area contributed by atoms with Crippen molar-refractivity contribution in [2.45, 2.75) is 57.8 Å². The molecule has 0 spiro atoms. The summed E-state index contributed by atoms with van der Waals surface area (Å²) in [6.07, 6.45) is 10.3. The Balaban J connectivity index is 1.49. The summed E-state index contributed by atoms with van der Waals surface area (Å²) in [4.78, 5) is 24.1. The highest BCUT2D eigenvalue weighted by molar-refractivity contribution is 5.85. The van der Waals surface area contributed by atoms with Crippen molar-refractivity contribution < 1.29 is 14.3 Å². The van der Waals surface area contributed by atoms with Gasteiger partial charge in [0, 0.05) is 5.92 Å². The molecule has 106 valence electrons. The number of hydrogen-bond acceptors (Lipinski definition) is 3. The van der Waals surface area contributed by atoms with Gasteiger partial charge in [0.05, 0.1) is 5.92 Å². The van der Waals surface area contributed by atoms with Gasteiger partial charge in [0.15, 0.2) is 5.78 Å². The van der Waals surface area contributed by atoms with Gasteiger partial charge in [-0.15, -0.1) is 0 Å². The first-order chi connectivity index (χ1) is 9.25. The first-order valence-corrected chi connectivity index (χ1v) is 7.95. The van der Waals surface area contributed by atoms with Gasteiger partial charge >= 0.3 is 5.97 Å². The molecular weight excluding hydrogens is 240 g/mol. The van der Waals surface area contributed by atoms with E-state index in [0.29, 0.717) is 11.8 Å². The maximum Gasteiger partial charge on any atom is 0.309 e. The van der Waals surface area contributed by atoms with Crippen LogP contribution < -0.4 is 0 Å². The van der Waals surface area contributed by atoms with Crippen LogP contribution in [-0.2, 0) is 14.3 Å². The zero-order chi connectivity index (χ0) is 13.2. The third kappa shape index (κ3) is 2.70. The minimum atomic E-state index is -0.0814. The second kappa shape index (κ2) is 5.64. The molecule has 3 saturated carbocycles. The molecule has 0 radical (unpaired) electrons. The molecule has 0 aromatic rings. The Morgan fingerprint density at radius 3 is 1.79 bits per heavy atom. The molecule has 3 heteroatoms. The molecule has 0 aromatic heterocycles. The fourth-order valence-electron chi connectivity index (χ4n) is 3.45. The van der Waals surface area contributed by atoms with E-state index in [4.69, 9.17) is 4.74 Å². The Hall–Kier alpha value is -0.860. The molecule has 0 amide bonds. The number of carbonyl (C=O) groups is 2. The van der Waals surface area contributed by atoms with Gasteiger partial charge in [-0.05, 0) is 50.4 Å². The molecule has 3 rings (SSSR count). The van der Waals surface area contributed by atoms with Crippen molar-refractivity contribution in [2.24, 2.45) is 23.7 Å². The molecule has 19 heavy (non-hydrogen) atoms.